The zero-order valence-electron chi connectivity index (χ0n) is 6.80. The number of rotatable bonds is 5. The third-order valence-electron chi connectivity index (χ3n) is 0.888. The van der Waals surface area contributed by atoms with Gasteiger partial charge >= 0.3 is 19.3 Å². The van der Waals surface area contributed by atoms with Gasteiger partial charge in [0.1, 0.15) is 13.0 Å². The van der Waals surface area contributed by atoms with Gasteiger partial charge in [0.05, 0.1) is 0 Å². The van der Waals surface area contributed by atoms with Gasteiger partial charge in [0.15, 0.2) is 0 Å². The SMILES string of the molecule is C=CCOC(=O)CC(=O)OB(O)O. The lowest BCUT2D eigenvalue weighted by Gasteiger charge is -2.02. The topological polar surface area (TPSA) is 93.1 Å². The second kappa shape index (κ2) is 6.21. The van der Waals surface area contributed by atoms with Gasteiger partial charge in [-0.05, 0) is 0 Å². The maximum absolute atomic E-state index is 10.7. The molecule has 0 aliphatic carbocycles. The summed E-state index contributed by atoms with van der Waals surface area (Å²) in [7, 11) is -2.21. The summed E-state index contributed by atoms with van der Waals surface area (Å²) < 4.78 is 8.27. The molecular formula is C6H9BO6. The summed E-state index contributed by atoms with van der Waals surface area (Å²) in [5.74, 6) is -1.88. The van der Waals surface area contributed by atoms with Crippen LogP contribution in [0, 0.1) is 0 Å². The van der Waals surface area contributed by atoms with E-state index in [1.165, 1.54) is 6.08 Å². The fraction of sp³-hybridized carbons (Fsp3) is 0.333. The molecule has 0 spiro atoms. The van der Waals surface area contributed by atoms with Crippen LogP contribution in [0.25, 0.3) is 0 Å². The minimum atomic E-state index is -2.21. The highest BCUT2D eigenvalue weighted by Gasteiger charge is 2.19. The molecule has 0 fully saturated rings. The van der Waals surface area contributed by atoms with Gasteiger partial charge in [0, 0.05) is 0 Å². The van der Waals surface area contributed by atoms with Crippen LogP contribution in [0.1, 0.15) is 6.42 Å². The van der Waals surface area contributed by atoms with Crippen molar-refractivity contribution in [2.24, 2.45) is 0 Å². The van der Waals surface area contributed by atoms with Crippen molar-refractivity contribution in [3.05, 3.63) is 12.7 Å². The highest BCUT2D eigenvalue weighted by atomic mass is 16.6. The zero-order valence-corrected chi connectivity index (χ0v) is 6.80. The fourth-order valence-corrected chi connectivity index (χ4v) is 0.480. The van der Waals surface area contributed by atoms with Gasteiger partial charge in [0.2, 0.25) is 0 Å². The summed E-state index contributed by atoms with van der Waals surface area (Å²) in [6.45, 7) is 3.28. The van der Waals surface area contributed by atoms with Crippen LogP contribution < -0.4 is 0 Å². The average Bonchev–Trinajstić information content (AvgIpc) is 1.98. The molecule has 0 rings (SSSR count). The van der Waals surface area contributed by atoms with E-state index in [1.54, 1.807) is 0 Å². The lowest BCUT2D eigenvalue weighted by molar-refractivity contribution is -0.150. The molecule has 0 radical (unpaired) electrons. The molecule has 0 unspecified atom stereocenters. The Labute approximate surface area is 74.9 Å². The van der Waals surface area contributed by atoms with Crippen LogP contribution in [-0.4, -0.2) is 35.9 Å². The van der Waals surface area contributed by atoms with Crippen molar-refractivity contribution in [1.29, 1.82) is 0 Å². The molecule has 0 saturated heterocycles. The first-order chi connectivity index (χ1) is 6.06. The van der Waals surface area contributed by atoms with Crippen molar-refractivity contribution in [3.63, 3.8) is 0 Å². The van der Waals surface area contributed by atoms with Crippen molar-refractivity contribution in [2.75, 3.05) is 6.61 Å². The summed E-state index contributed by atoms with van der Waals surface area (Å²) in [4.78, 5) is 21.2. The molecular weight excluding hydrogens is 179 g/mol. The first-order valence-corrected chi connectivity index (χ1v) is 3.38. The van der Waals surface area contributed by atoms with E-state index in [0.29, 0.717) is 0 Å². The Morgan fingerprint density at radius 3 is 2.46 bits per heavy atom. The van der Waals surface area contributed by atoms with Crippen molar-refractivity contribution in [1.82, 2.24) is 0 Å². The maximum Gasteiger partial charge on any atom is 0.709 e. The summed E-state index contributed by atoms with van der Waals surface area (Å²) in [5.41, 5.74) is 0. The molecule has 0 aliphatic rings. The standard InChI is InChI=1S/C6H9BO6/c1-2-3-12-5(8)4-6(9)13-7(10)11/h2,10-11H,1,3-4H2. The van der Waals surface area contributed by atoms with Gasteiger partial charge in [-0.3, -0.25) is 9.59 Å². The highest BCUT2D eigenvalue weighted by molar-refractivity contribution is 6.36. The third-order valence-corrected chi connectivity index (χ3v) is 0.888. The van der Waals surface area contributed by atoms with Crippen molar-refractivity contribution in [3.8, 4) is 0 Å². The van der Waals surface area contributed by atoms with E-state index in [0.717, 1.165) is 0 Å². The number of carbonyl (C=O) groups is 2. The van der Waals surface area contributed by atoms with Crippen molar-refractivity contribution < 1.29 is 29.0 Å². The lowest BCUT2D eigenvalue weighted by atomic mass is 10.2. The van der Waals surface area contributed by atoms with Crippen LogP contribution in [-0.2, 0) is 19.0 Å². The van der Waals surface area contributed by atoms with E-state index in [-0.39, 0.29) is 6.61 Å². The Balaban J connectivity index is 3.65. The molecule has 6 nitrogen and oxygen atoms in total. The van der Waals surface area contributed by atoms with E-state index < -0.39 is 25.7 Å². The fourth-order valence-electron chi connectivity index (χ4n) is 0.480. The molecule has 0 aliphatic heterocycles. The third kappa shape index (κ3) is 7.04. The number of esters is 1. The molecule has 0 bridgehead atoms. The molecule has 0 saturated carbocycles. The van der Waals surface area contributed by atoms with Crippen LogP contribution in [0.5, 0.6) is 0 Å². The molecule has 0 amide bonds. The molecule has 7 heteroatoms. The van der Waals surface area contributed by atoms with Crippen LogP contribution in [0.4, 0.5) is 0 Å². The maximum atomic E-state index is 10.7. The smallest absolute Gasteiger partial charge is 0.485 e. The zero-order chi connectivity index (χ0) is 10.3. The number of carbonyl (C=O) groups excluding carboxylic acids is 2. The van der Waals surface area contributed by atoms with E-state index in [2.05, 4.69) is 16.0 Å². The quantitative estimate of drug-likeness (QED) is 0.239. The first kappa shape index (κ1) is 11.7. The molecule has 0 atom stereocenters. The lowest BCUT2D eigenvalue weighted by Crippen LogP contribution is -2.24. The first-order valence-electron chi connectivity index (χ1n) is 3.38. The second-order valence-corrected chi connectivity index (χ2v) is 1.96. The molecule has 0 aromatic rings. The van der Waals surface area contributed by atoms with E-state index in [4.69, 9.17) is 10.0 Å². The minimum absolute atomic E-state index is 0.00616. The number of ether oxygens (including phenoxy) is 1. The van der Waals surface area contributed by atoms with Crippen LogP contribution >= 0.6 is 0 Å². The summed E-state index contributed by atoms with van der Waals surface area (Å²) in [5, 5.41) is 16.3. The van der Waals surface area contributed by atoms with Gasteiger partial charge in [-0.25, -0.2) is 0 Å². The number of hydrogen-bond acceptors (Lipinski definition) is 6. The molecule has 0 aromatic carbocycles. The largest absolute Gasteiger partial charge is 0.709 e. The minimum Gasteiger partial charge on any atom is -0.485 e. The molecule has 0 heterocycles. The normalized spacial score (nSPS) is 8.77. The van der Waals surface area contributed by atoms with E-state index in [9.17, 15) is 9.59 Å². The van der Waals surface area contributed by atoms with E-state index in [1.807, 2.05) is 0 Å². The van der Waals surface area contributed by atoms with Gasteiger partial charge in [-0.15, -0.1) is 0 Å². The summed E-state index contributed by atoms with van der Waals surface area (Å²) >= 11 is 0. The van der Waals surface area contributed by atoms with Crippen molar-refractivity contribution in [2.45, 2.75) is 6.42 Å². The molecule has 72 valence electrons. The van der Waals surface area contributed by atoms with E-state index >= 15 is 0 Å². The predicted molar refractivity (Wildman–Crippen MR) is 42.1 cm³/mol. The van der Waals surface area contributed by atoms with Gasteiger partial charge in [-0.1, -0.05) is 12.7 Å². The van der Waals surface area contributed by atoms with Gasteiger partial charge < -0.3 is 19.4 Å². The van der Waals surface area contributed by atoms with Crippen molar-refractivity contribution >= 4 is 19.3 Å². The Kier molecular flexibility index (Phi) is 5.57. The number of hydrogen-bond donors (Lipinski definition) is 2. The monoisotopic (exact) mass is 188 g/mol. The Hall–Kier alpha value is -1.34. The molecule has 0 aromatic heterocycles. The molecule has 13 heavy (non-hydrogen) atoms. The average molecular weight is 188 g/mol. The molecule has 2 N–H and O–H groups in total. The van der Waals surface area contributed by atoms with Crippen LogP contribution in [0.15, 0.2) is 12.7 Å². The predicted octanol–water partition coefficient (Wildman–Crippen LogP) is -1.38. The van der Waals surface area contributed by atoms with Gasteiger partial charge in [-0.2, -0.15) is 0 Å². The van der Waals surface area contributed by atoms with Gasteiger partial charge in [0.25, 0.3) is 0 Å². The summed E-state index contributed by atoms with van der Waals surface area (Å²) in [6.07, 6.45) is 0.676. The highest BCUT2D eigenvalue weighted by Crippen LogP contribution is 1.91. The van der Waals surface area contributed by atoms with Crippen LogP contribution in [0.3, 0.4) is 0 Å². The Morgan fingerprint density at radius 1 is 1.38 bits per heavy atom. The van der Waals surface area contributed by atoms with Crippen LogP contribution in [0.2, 0.25) is 0 Å². The second-order valence-electron chi connectivity index (χ2n) is 1.96. The summed E-state index contributed by atoms with van der Waals surface area (Å²) in [6, 6.07) is 0. The Bertz CT molecular complexity index is 201. The Morgan fingerprint density at radius 2 is 2.00 bits per heavy atom.